The van der Waals surface area contributed by atoms with Gasteiger partial charge in [0, 0.05) is 12.8 Å². The molecule has 438 valence electrons. The second-order valence-electron chi connectivity index (χ2n) is 23.2. The van der Waals surface area contributed by atoms with E-state index in [9.17, 15) is 19.8 Å². The highest BCUT2D eigenvalue weighted by Crippen LogP contribution is 2.19. The van der Waals surface area contributed by atoms with Crippen LogP contribution < -0.4 is 5.32 Å². The molecule has 6 heteroatoms. The van der Waals surface area contributed by atoms with Crippen LogP contribution in [0, 0.1) is 0 Å². The van der Waals surface area contributed by atoms with E-state index in [1.165, 1.54) is 263 Å². The summed E-state index contributed by atoms with van der Waals surface area (Å²) in [6, 6.07) is -0.559. The summed E-state index contributed by atoms with van der Waals surface area (Å²) in [5.41, 5.74) is 0. The van der Waals surface area contributed by atoms with E-state index in [2.05, 4.69) is 43.5 Å². The largest absolute Gasteiger partial charge is 0.466 e. The predicted molar refractivity (Wildman–Crippen MR) is 324 cm³/mol. The van der Waals surface area contributed by atoms with Crippen molar-refractivity contribution in [2.75, 3.05) is 13.2 Å². The van der Waals surface area contributed by atoms with E-state index >= 15 is 0 Å². The van der Waals surface area contributed by atoms with Gasteiger partial charge in [-0.25, -0.2) is 0 Å². The molecule has 0 heterocycles. The molecule has 0 radical (unpaired) electrons. The maximum atomic E-state index is 12.5. The van der Waals surface area contributed by atoms with Gasteiger partial charge in [-0.2, -0.15) is 0 Å². The van der Waals surface area contributed by atoms with Crippen LogP contribution in [0.4, 0.5) is 0 Å². The first-order valence-electron chi connectivity index (χ1n) is 33.6. The Balaban J connectivity index is 3.47. The minimum absolute atomic E-state index is 0.0157. The standard InChI is InChI=1S/C68H131NO5/c1-3-5-7-9-11-13-15-17-19-21-23-24-25-26-28-29-32-36-40-44-48-52-56-60-66(71)65(64-70)69-67(72)61-57-53-49-45-41-37-33-31-35-39-43-47-51-55-59-63-74-68(73)62-58-54-50-46-42-38-34-30-27-22-20-18-16-14-12-10-8-6-4-2/h31,35,39,43,65-66,70-71H,3-30,32-34,36-38,40-42,44-64H2,1-2H3,(H,69,72)/b35-31-,43-39-. The lowest BCUT2D eigenvalue weighted by Gasteiger charge is -2.22. The van der Waals surface area contributed by atoms with Crippen LogP contribution in [0.25, 0.3) is 0 Å². The Morgan fingerprint density at radius 3 is 1.00 bits per heavy atom. The summed E-state index contributed by atoms with van der Waals surface area (Å²) in [5.74, 6) is -0.0689. The topological polar surface area (TPSA) is 95.9 Å². The summed E-state index contributed by atoms with van der Waals surface area (Å²) >= 11 is 0. The van der Waals surface area contributed by atoms with Crippen molar-refractivity contribution in [1.29, 1.82) is 0 Å². The van der Waals surface area contributed by atoms with Crippen molar-refractivity contribution in [2.45, 2.75) is 386 Å². The van der Waals surface area contributed by atoms with Crippen LogP contribution in [-0.4, -0.2) is 47.4 Å². The first kappa shape index (κ1) is 72.3. The van der Waals surface area contributed by atoms with Gasteiger partial charge >= 0.3 is 5.97 Å². The lowest BCUT2D eigenvalue weighted by atomic mass is 10.0. The Hall–Kier alpha value is -1.66. The average Bonchev–Trinajstić information content (AvgIpc) is 3.40. The van der Waals surface area contributed by atoms with Gasteiger partial charge in [0.05, 0.1) is 25.4 Å². The van der Waals surface area contributed by atoms with Crippen LogP contribution in [-0.2, 0) is 14.3 Å². The Morgan fingerprint density at radius 1 is 0.378 bits per heavy atom. The summed E-state index contributed by atoms with van der Waals surface area (Å²) < 4.78 is 5.48. The fourth-order valence-corrected chi connectivity index (χ4v) is 10.6. The maximum Gasteiger partial charge on any atom is 0.305 e. The third-order valence-corrected chi connectivity index (χ3v) is 15.8. The van der Waals surface area contributed by atoms with Crippen molar-refractivity contribution >= 4 is 11.9 Å². The number of esters is 1. The molecular weight excluding hydrogens is 911 g/mol. The molecule has 0 aliphatic carbocycles. The van der Waals surface area contributed by atoms with E-state index in [4.69, 9.17) is 4.74 Å². The maximum absolute atomic E-state index is 12.5. The zero-order valence-corrected chi connectivity index (χ0v) is 50.1. The molecule has 0 aliphatic rings. The molecule has 2 unspecified atom stereocenters. The quantitative estimate of drug-likeness (QED) is 0.0320. The zero-order valence-electron chi connectivity index (χ0n) is 50.1. The van der Waals surface area contributed by atoms with Crippen molar-refractivity contribution in [3.63, 3.8) is 0 Å². The van der Waals surface area contributed by atoms with Crippen LogP contribution in [0.5, 0.6) is 0 Å². The van der Waals surface area contributed by atoms with Gasteiger partial charge < -0.3 is 20.3 Å². The van der Waals surface area contributed by atoms with Crippen LogP contribution in [0.2, 0.25) is 0 Å². The molecule has 6 nitrogen and oxygen atoms in total. The number of aliphatic hydroxyl groups is 2. The highest BCUT2D eigenvalue weighted by atomic mass is 16.5. The minimum atomic E-state index is -0.680. The van der Waals surface area contributed by atoms with Gasteiger partial charge in [-0.15, -0.1) is 0 Å². The number of ether oxygens (including phenoxy) is 1. The molecule has 0 aromatic heterocycles. The van der Waals surface area contributed by atoms with Crippen molar-refractivity contribution < 1.29 is 24.5 Å². The van der Waals surface area contributed by atoms with Gasteiger partial charge in [-0.3, -0.25) is 9.59 Å². The van der Waals surface area contributed by atoms with Crippen molar-refractivity contribution in [1.82, 2.24) is 5.32 Å². The molecule has 0 fully saturated rings. The SMILES string of the molecule is CCCCCCCCCCCCCCCCCCCCCCCCCC(O)C(CO)NC(=O)CCCCCCCC/C=C\C=C/CCCCCOC(=O)CCCCCCCCCCCCCCCCCCCCC. The molecule has 0 spiro atoms. The second-order valence-corrected chi connectivity index (χ2v) is 23.2. The van der Waals surface area contributed by atoms with E-state index < -0.39 is 12.1 Å². The number of hydrogen-bond acceptors (Lipinski definition) is 5. The van der Waals surface area contributed by atoms with Crippen LogP contribution >= 0.6 is 0 Å². The van der Waals surface area contributed by atoms with E-state index in [0.29, 0.717) is 25.9 Å². The van der Waals surface area contributed by atoms with E-state index in [1.807, 2.05) is 0 Å². The minimum Gasteiger partial charge on any atom is -0.466 e. The molecule has 0 bridgehead atoms. The molecule has 0 rings (SSSR count). The average molecular weight is 1040 g/mol. The number of carbonyl (C=O) groups is 2. The summed E-state index contributed by atoms with van der Waals surface area (Å²) in [6.07, 6.45) is 79.2. The molecule has 0 saturated heterocycles. The summed E-state index contributed by atoms with van der Waals surface area (Å²) in [7, 11) is 0. The fraction of sp³-hybridized carbons (Fsp3) is 0.912. The summed E-state index contributed by atoms with van der Waals surface area (Å²) in [6.45, 7) is 4.94. The Bertz CT molecular complexity index is 1150. The van der Waals surface area contributed by atoms with Gasteiger partial charge in [-0.05, 0) is 57.8 Å². The molecule has 0 saturated carbocycles. The van der Waals surface area contributed by atoms with Crippen molar-refractivity contribution in [3.05, 3.63) is 24.3 Å². The summed E-state index contributed by atoms with van der Waals surface area (Å²) in [5, 5.41) is 23.4. The third-order valence-electron chi connectivity index (χ3n) is 15.8. The number of rotatable bonds is 63. The number of carbonyl (C=O) groups excluding carboxylic acids is 2. The monoisotopic (exact) mass is 1040 g/mol. The van der Waals surface area contributed by atoms with Crippen molar-refractivity contribution in [3.8, 4) is 0 Å². The molecule has 2 atom stereocenters. The van der Waals surface area contributed by atoms with E-state index in [0.717, 1.165) is 77.0 Å². The number of allylic oxidation sites excluding steroid dienone is 4. The second kappa shape index (κ2) is 63.9. The molecule has 0 aromatic rings. The Morgan fingerprint density at radius 2 is 0.662 bits per heavy atom. The zero-order chi connectivity index (χ0) is 53.6. The Kier molecular flexibility index (Phi) is 62.4. The lowest BCUT2D eigenvalue weighted by molar-refractivity contribution is -0.143. The molecule has 0 aliphatic heterocycles. The predicted octanol–water partition coefficient (Wildman–Crippen LogP) is 21.4. The third kappa shape index (κ3) is 59.6. The van der Waals surface area contributed by atoms with Gasteiger partial charge in [0.15, 0.2) is 0 Å². The molecule has 0 aromatic carbocycles. The number of amides is 1. The van der Waals surface area contributed by atoms with Gasteiger partial charge in [0.1, 0.15) is 0 Å². The van der Waals surface area contributed by atoms with E-state index in [1.54, 1.807) is 0 Å². The van der Waals surface area contributed by atoms with Crippen LogP contribution in [0.1, 0.15) is 373 Å². The van der Waals surface area contributed by atoms with Gasteiger partial charge in [-0.1, -0.05) is 327 Å². The number of aliphatic hydroxyl groups excluding tert-OH is 2. The molecule has 3 N–H and O–H groups in total. The summed E-state index contributed by atoms with van der Waals surface area (Å²) in [4.78, 5) is 24.6. The van der Waals surface area contributed by atoms with Crippen molar-refractivity contribution in [2.24, 2.45) is 0 Å². The van der Waals surface area contributed by atoms with Gasteiger partial charge in [0.2, 0.25) is 5.91 Å². The number of nitrogens with one attached hydrogen (secondary N) is 1. The molecular formula is C68H131NO5. The van der Waals surface area contributed by atoms with Crippen LogP contribution in [0.3, 0.4) is 0 Å². The number of hydrogen-bond donors (Lipinski definition) is 3. The van der Waals surface area contributed by atoms with Gasteiger partial charge in [0.25, 0.3) is 0 Å². The highest BCUT2D eigenvalue weighted by Gasteiger charge is 2.20. The molecule has 74 heavy (non-hydrogen) atoms. The normalized spacial score (nSPS) is 12.6. The van der Waals surface area contributed by atoms with E-state index in [-0.39, 0.29) is 18.5 Å². The fourth-order valence-electron chi connectivity index (χ4n) is 10.6. The smallest absolute Gasteiger partial charge is 0.305 e. The van der Waals surface area contributed by atoms with Crippen LogP contribution in [0.15, 0.2) is 24.3 Å². The first-order chi connectivity index (χ1) is 36.5. The first-order valence-corrected chi connectivity index (χ1v) is 33.6. The lowest BCUT2D eigenvalue weighted by Crippen LogP contribution is -2.45. The highest BCUT2D eigenvalue weighted by molar-refractivity contribution is 5.76. The Labute approximate surface area is 462 Å². The molecule has 1 amide bonds. The number of unbranched alkanes of at least 4 members (excludes halogenated alkanes) is 49.